The van der Waals surface area contributed by atoms with Crippen LogP contribution in [0.5, 0.6) is 5.75 Å². The number of rotatable bonds is 6. The minimum absolute atomic E-state index is 0.269. The second kappa shape index (κ2) is 8.71. The first-order valence-corrected chi connectivity index (χ1v) is 10.7. The van der Waals surface area contributed by atoms with Crippen LogP contribution in [0.1, 0.15) is 29.2 Å². The topological polar surface area (TPSA) is 58.6 Å². The first kappa shape index (κ1) is 21.4. The largest absolute Gasteiger partial charge is 0.494 e. The van der Waals surface area contributed by atoms with Crippen LogP contribution in [-0.2, 0) is 9.59 Å². The first-order valence-electron chi connectivity index (χ1n) is 10.7. The number of carbonyl (C=O) groups excluding carboxylic acids is 2. The van der Waals surface area contributed by atoms with E-state index in [4.69, 9.17) is 4.74 Å². The van der Waals surface area contributed by atoms with Crippen LogP contribution in [0.4, 0.5) is 11.4 Å². The number of ether oxygens (including phenoxy) is 1. The van der Waals surface area contributed by atoms with E-state index in [1.165, 1.54) is 4.90 Å². The molecule has 1 N–H and O–H groups in total. The molecule has 3 aromatic rings. The van der Waals surface area contributed by atoms with E-state index in [1.54, 1.807) is 18.2 Å². The third-order valence-corrected chi connectivity index (χ3v) is 5.55. The summed E-state index contributed by atoms with van der Waals surface area (Å²) in [7, 11) is 0. The van der Waals surface area contributed by atoms with Crippen molar-refractivity contribution in [2.24, 2.45) is 0 Å². The Kier molecular flexibility index (Phi) is 5.82. The number of amides is 2. The van der Waals surface area contributed by atoms with Crippen LogP contribution in [0.2, 0.25) is 0 Å². The van der Waals surface area contributed by atoms with Crippen molar-refractivity contribution in [2.75, 3.05) is 16.8 Å². The molecule has 0 fully saturated rings. The lowest BCUT2D eigenvalue weighted by molar-refractivity contribution is -0.120. The summed E-state index contributed by atoms with van der Waals surface area (Å²) in [6.07, 6.45) is 0. The minimum Gasteiger partial charge on any atom is -0.494 e. The summed E-state index contributed by atoms with van der Waals surface area (Å²) in [4.78, 5) is 28.4. The zero-order valence-electron chi connectivity index (χ0n) is 18.7. The molecule has 0 saturated heterocycles. The van der Waals surface area contributed by atoms with Gasteiger partial charge >= 0.3 is 0 Å². The van der Waals surface area contributed by atoms with Crippen molar-refractivity contribution in [3.63, 3.8) is 0 Å². The average molecular weight is 427 g/mol. The van der Waals surface area contributed by atoms with Gasteiger partial charge in [-0.05, 0) is 74.2 Å². The van der Waals surface area contributed by atoms with Crippen molar-refractivity contribution in [1.29, 1.82) is 0 Å². The van der Waals surface area contributed by atoms with Crippen LogP contribution in [-0.4, -0.2) is 18.4 Å². The highest BCUT2D eigenvalue weighted by atomic mass is 16.5. The fourth-order valence-corrected chi connectivity index (χ4v) is 3.79. The summed E-state index contributed by atoms with van der Waals surface area (Å²) in [5, 5.41) is 3.22. The molecule has 3 aromatic carbocycles. The van der Waals surface area contributed by atoms with E-state index in [2.05, 4.69) is 5.32 Å². The Bertz CT molecular complexity index is 1240. The van der Waals surface area contributed by atoms with Crippen LogP contribution in [0.15, 0.2) is 72.4 Å². The fraction of sp³-hybridized carbons (Fsp3) is 0.185. The molecular weight excluding hydrogens is 400 g/mol. The molecule has 1 aliphatic heterocycles. The monoisotopic (exact) mass is 426 g/mol. The number of hydrogen-bond donors (Lipinski definition) is 1. The highest BCUT2D eigenvalue weighted by Gasteiger charge is 2.40. The fourth-order valence-electron chi connectivity index (χ4n) is 3.79. The number of imide groups is 1. The summed E-state index contributed by atoms with van der Waals surface area (Å²) in [6, 6.07) is 20.6. The molecule has 4 rings (SSSR count). The normalized spacial score (nSPS) is 13.7. The number of nitrogens with zero attached hydrogens (tertiary/aromatic N) is 1. The molecule has 1 heterocycles. The van der Waals surface area contributed by atoms with Crippen molar-refractivity contribution in [1.82, 2.24) is 0 Å². The van der Waals surface area contributed by atoms with Gasteiger partial charge in [0.2, 0.25) is 0 Å². The van der Waals surface area contributed by atoms with Gasteiger partial charge in [0.1, 0.15) is 11.4 Å². The van der Waals surface area contributed by atoms with Crippen molar-refractivity contribution in [2.45, 2.75) is 27.7 Å². The molecule has 0 unspecified atom stereocenters. The number of carbonyl (C=O) groups is 2. The number of benzene rings is 3. The summed E-state index contributed by atoms with van der Waals surface area (Å²) < 4.78 is 5.57. The van der Waals surface area contributed by atoms with Gasteiger partial charge in [-0.2, -0.15) is 0 Å². The van der Waals surface area contributed by atoms with Crippen LogP contribution >= 0.6 is 0 Å². The molecule has 0 spiro atoms. The van der Waals surface area contributed by atoms with Crippen LogP contribution < -0.4 is 15.0 Å². The van der Waals surface area contributed by atoms with Crippen LogP contribution in [0, 0.1) is 20.8 Å². The van der Waals surface area contributed by atoms with Gasteiger partial charge < -0.3 is 10.1 Å². The first-order chi connectivity index (χ1) is 15.4. The van der Waals surface area contributed by atoms with E-state index in [9.17, 15) is 9.59 Å². The highest BCUT2D eigenvalue weighted by molar-refractivity contribution is 6.46. The molecule has 0 aromatic heterocycles. The predicted molar refractivity (Wildman–Crippen MR) is 128 cm³/mol. The van der Waals surface area contributed by atoms with Gasteiger partial charge in [-0.1, -0.05) is 36.4 Å². The molecule has 2 amide bonds. The van der Waals surface area contributed by atoms with Crippen LogP contribution in [0.3, 0.4) is 0 Å². The maximum Gasteiger partial charge on any atom is 0.282 e. The molecule has 1 aliphatic rings. The van der Waals surface area contributed by atoms with E-state index < -0.39 is 5.91 Å². The van der Waals surface area contributed by atoms with Crippen molar-refractivity contribution >= 4 is 28.8 Å². The minimum atomic E-state index is -0.390. The number of nitrogens with one attached hydrogen (secondary N) is 1. The molecule has 0 bridgehead atoms. The highest BCUT2D eigenvalue weighted by Crippen LogP contribution is 2.35. The van der Waals surface area contributed by atoms with Gasteiger partial charge in [0, 0.05) is 11.8 Å². The molecule has 162 valence electrons. The van der Waals surface area contributed by atoms with Gasteiger partial charge in [0.05, 0.1) is 17.9 Å². The van der Waals surface area contributed by atoms with E-state index in [0.29, 0.717) is 29.2 Å². The van der Waals surface area contributed by atoms with Gasteiger partial charge in [-0.25, -0.2) is 4.90 Å². The smallest absolute Gasteiger partial charge is 0.282 e. The predicted octanol–water partition coefficient (Wildman–Crippen LogP) is 5.41. The van der Waals surface area contributed by atoms with E-state index >= 15 is 0 Å². The van der Waals surface area contributed by atoms with Crippen molar-refractivity contribution in [3.8, 4) is 5.75 Å². The number of anilines is 2. The summed E-state index contributed by atoms with van der Waals surface area (Å²) >= 11 is 0. The Balaban J connectivity index is 1.82. The van der Waals surface area contributed by atoms with Gasteiger partial charge in [-0.3, -0.25) is 9.59 Å². The SMILES string of the molecule is CCOc1cccc(N2C(=O)C(Nc3cccc(C)c3)=C(c3ccc(C)c(C)c3)C2=O)c1. The Morgan fingerprint density at radius 1 is 0.844 bits per heavy atom. The van der Waals surface area contributed by atoms with Crippen molar-refractivity contribution < 1.29 is 14.3 Å². The standard InChI is InChI=1S/C27H26N2O3/c1-5-32-23-11-7-10-22(16-23)29-26(30)24(20-13-12-18(3)19(4)15-20)25(27(29)31)28-21-9-6-8-17(2)14-21/h6-16,28H,5H2,1-4H3. The Morgan fingerprint density at radius 2 is 1.62 bits per heavy atom. The quantitative estimate of drug-likeness (QED) is 0.536. The molecule has 5 heteroatoms. The molecule has 0 radical (unpaired) electrons. The van der Waals surface area contributed by atoms with Gasteiger partial charge in [-0.15, -0.1) is 0 Å². The van der Waals surface area contributed by atoms with E-state index in [1.807, 2.05) is 76.2 Å². The lowest BCUT2D eigenvalue weighted by atomic mass is 9.99. The van der Waals surface area contributed by atoms with E-state index in [-0.39, 0.29) is 11.6 Å². The lowest BCUT2D eigenvalue weighted by Gasteiger charge is -2.16. The number of hydrogen-bond acceptors (Lipinski definition) is 4. The van der Waals surface area contributed by atoms with Crippen LogP contribution in [0.25, 0.3) is 5.57 Å². The molecular formula is C27H26N2O3. The molecule has 0 aliphatic carbocycles. The summed E-state index contributed by atoms with van der Waals surface area (Å²) in [6.45, 7) is 8.39. The maximum absolute atomic E-state index is 13.6. The molecule has 5 nitrogen and oxygen atoms in total. The third-order valence-electron chi connectivity index (χ3n) is 5.55. The summed E-state index contributed by atoms with van der Waals surface area (Å²) in [5.41, 5.74) is 5.82. The zero-order valence-corrected chi connectivity index (χ0v) is 18.7. The Labute approximate surface area is 188 Å². The third kappa shape index (κ3) is 4.02. The Hall–Kier alpha value is -3.86. The second-order valence-electron chi connectivity index (χ2n) is 7.92. The molecule has 0 atom stereocenters. The zero-order chi connectivity index (χ0) is 22.8. The molecule has 0 saturated carbocycles. The van der Waals surface area contributed by atoms with E-state index in [0.717, 1.165) is 22.4 Å². The number of aryl methyl sites for hydroxylation is 3. The second-order valence-corrected chi connectivity index (χ2v) is 7.92. The summed E-state index contributed by atoms with van der Waals surface area (Å²) in [5.74, 6) is -0.140. The molecule has 32 heavy (non-hydrogen) atoms. The Morgan fingerprint density at radius 3 is 2.34 bits per heavy atom. The van der Waals surface area contributed by atoms with Gasteiger partial charge in [0.15, 0.2) is 0 Å². The maximum atomic E-state index is 13.6. The lowest BCUT2D eigenvalue weighted by Crippen LogP contribution is -2.32. The van der Waals surface area contributed by atoms with Gasteiger partial charge in [0.25, 0.3) is 11.8 Å². The van der Waals surface area contributed by atoms with Crippen molar-refractivity contribution in [3.05, 3.63) is 94.7 Å². The average Bonchev–Trinajstić information content (AvgIpc) is 3.00.